The lowest BCUT2D eigenvalue weighted by molar-refractivity contribution is -0.134. The lowest BCUT2D eigenvalue weighted by Gasteiger charge is -2.27. The third-order valence-electron chi connectivity index (χ3n) is 5.42. The van der Waals surface area contributed by atoms with Crippen molar-refractivity contribution < 1.29 is 22.4 Å². The number of ether oxygens (including phenoxy) is 1. The lowest BCUT2D eigenvalue weighted by Crippen LogP contribution is -2.40. The molecule has 2 heterocycles. The SMILES string of the molecule is O=C(CCCOc1cccc2ccccc12)N(Cc1ccco1)[C@H]1CCS(=O)(=O)C1. The first kappa shape index (κ1) is 20.5. The van der Waals surface area contributed by atoms with E-state index in [9.17, 15) is 13.2 Å². The highest BCUT2D eigenvalue weighted by Gasteiger charge is 2.34. The molecule has 158 valence electrons. The largest absolute Gasteiger partial charge is 0.493 e. The maximum Gasteiger partial charge on any atom is 0.223 e. The molecule has 6 nitrogen and oxygen atoms in total. The molecule has 4 rings (SSSR count). The van der Waals surface area contributed by atoms with Gasteiger partial charge in [-0.05, 0) is 36.4 Å². The van der Waals surface area contributed by atoms with Gasteiger partial charge >= 0.3 is 0 Å². The number of nitrogens with zero attached hydrogens (tertiary/aromatic N) is 1. The molecular weight excluding hydrogens is 402 g/mol. The molecular formula is C23H25NO5S. The second-order valence-electron chi connectivity index (χ2n) is 7.59. The zero-order valence-corrected chi connectivity index (χ0v) is 17.5. The average molecular weight is 428 g/mol. The quantitative estimate of drug-likeness (QED) is 0.511. The van der Waals surface area contributed by atoms with E-state index >= 15 is 0 Å². The lowest BCUT2D eigenvalue weighted by atomic mass is 10.1. The highest BCUT2D eigenvalue weighted by Crippen LogP contribution is 2.26. The summed E-state index contributed by atoms with van der Waals surface area (Å²) < 4.78 is 35.1. The molecule has 1 atom stereocenters. The highest BCUT2D eigenvalue weighted by molar-refractivity contribution is 7.91. The van der Waals surface area contributed by atoms with Gasteiger partial charge in [-0.3, -0.25) is 4.79 Å². The normalized spacial score (nSPS) is 17.8. The average Bonchev–Trinajstić information content (AvgIpc) is 3.38. The van der Waals surface area contributed by atoms with Crippen LogP contribution in [0.25, 0.3) is 10.8 Å². The Balaban J connectivity index is 1.36. The third-order valence-corrected chi connectivity index (χ3v) is 7.17. The van der Waals surface area contributed by atoms with E-state index in [0.29, 0.717) is 31.6 Å². The number of benzene rings is 2. The molecule has 0 bridgehead atoms. The Morgan fingerprint density at radius 2 is 1.93 bits per heavy atom. The van der Waals surface area contributed by atoms with E-state index in [0.717, 1.165) is 16.5 Å². The fourth-order valence-corrected chi connectivity index (χ4v) is 5.61. The summed E-state index contributed by atoms with van der Waals surface area (Å²) in [5.74, 6) is 1.53. The van der Waals surface area contributed by atoms with E-state index < -0.39 is 9.84 Å². The van der Waals surface area contributed by atoms with Crippen LogP contribution in [-0.2, 0) is 21.2 Å². The standard InChI is InChI=1S/C23H25NO5S/c25-23(11-5-14-29-22-10-3-7-18-6-1-2-9-21(18)22)24(16-20-8-4-13-28-20)19-12-15-30(26,27)17-19/h1-4,6-10,13,19H,5,11-12,14-17H2/t19-/m0/s1. The first-order valence-corrected chi connectivity index (χ1v) is 12.0. The van der Waals surface area contributed by atoms with Crippen LogP contribution in [0.15, 0.2) is 65.3 Å². The summed E-state index contributed by atoms with van der Waals surface area (Å²) >= 11 is 0. The minimum atomic E-state index is -3.08. The van der Waals surface area contributed by atoms with Crippen molar-refractivity contribution in [2.24, 2.45) is 0 Å². The van der Waals surface area contributed by atoms with Crippen LogP contribution < -0.4 is 4.74 Å². The summed E-state index contributed by atoms with van der Waals surface area (Å²) in [5, 5.41) is 2.15. The predicted octanol–water partition coefficient (Wildman–Crippen LogP) is 3.81. The van der Waals surface area contributed by atoms with Crippen molar-refractivity contribution in [3.63, 3.8) is 0 Å². The van der Waals surface area contributed by atoms with Crippen LogP contribution in [0.1, 0.15) is 25.0 Å². The van der Waals surface area contributed by atoms with Crippen LogP contribution in [0.3, 0.4) is 0 Å². The van der Waals surface area contributed by atoms with E-state index in [2.05, 4.69) is 0 Å². The summed E-state index contributed by atoms with van der Waals surface area (Å²) in [4.78, 5) is 14.6. The van der Waals surface area contributed by atoms with Crippen molar-refractivity contribution >= 4 is 26.5 Å². The highest BCUT2D eigenvalue weighted by atomic mass is 32.2. The molecule has 1 aliphatic heterocycles. The topological polar surface area (TPSA) is 76.8 Å². The van der Waals surface area contributed by atoms with Gasteiger partial charge in [-0.1, -0.05) is 36.4 Å². The Bertz CT molecular complexity index is 1100. The molecule has 0 spiro atoms. The number of hydrogen-bond donors (Lipinski definition) is 0. The van der Waals surface area contributed by atoms with E-state index in [1.165, 1.54) is 0 Å². The summed E-state index contributed by atoms with van der Waals surface area (Å²) in [6, 6.07) is 17.2. The number of sulfone groups is 1. The molecule has 2 aromatic carbocycles. The fourth-order valence-electron chi connectivity index (χ4n) is 3.88. The van der Waals surface area contributed by atoms with Crippen molar-refractivity contribution in [3.05, 3.63) is 66.6 Å². The Labute approximate surface area is 176 Å². The number of rotatable bonds is 8. The first-order valence-electron chi connectivity index (χ1n) is 10.1. The number of amides is 1. The third kappa shape index (κ3) is 4.84. The molecule has 3 aromatic rings. The van der Waals surface area contributed by atoms with Crippen LogP contribution in [0.5, 0.6) is 5.75 Å². The Kier molecular flexibility index (Phi) is 6.08. The second-order valence-corrected chi connectivity index (χ2v) is 9.82. The van der Waals surface area contributed by atoms with Crippen LogP contribution >= 0.6 is 0 Å². The van der Waals surface area contributed by atoms with Crippen LogP contribution in [0.4, 0.5) is 0 Å². The van der Waals surface area contributed by atoms with Gasteiger partial charge in [-0.25, -0.2) is 8.42 Å². The van der Waals surface area contributed by atoms with Crippen LogP contribution in [-0.4, -0.2) is 43.4 Å². The molecule has 0 unspecified atom stereocenters. The summed E-state index contributed by atoms with van der Waals surface area (Å²) in [5.41, 5.74) is 0. The van der Waals surface area contributed by atoms with Crippen molar-refractivity contribution in [1.29, 1.82) is 0 Å². The molecule has 1 aliphatic rings. The molecule has 0 radical (unpaired) electrons. The smallest absolute Gasteiger partial charge is 0.223 e. The second kappa shape index (κ2) is 8.92. The summed E-state index contributed by atoms with van der Waals surface area (Å²) in [7, 11) is -3.08. The van der Waals surface area contributed by atoms with Gasteiger partial charge in [0.15, 0.2) is 9.84 Å². The molecule has 30 heavy (non-hydrogen) atoms. The zero-order chi connectivity index (χ0) is 21.0. The summed E-state index contributed by atoms with van der Waals surface area (Å²) in [6.07, 6.45) is 2.88. The van der Waals surface area contributed by atoms with E-state index in [1.807, 2.05) is 42.5 Å². The van der Waals surface area contributed by atoms with Gasteiger partial charge in [-0.2, -0.15) is 0 Å². The fraction of sp³-hybridized carbons (Fsp3) is 0.348. The van der Waals surface area contributed by atoms with E-state index in [1.54, 1.807) is 23.3 Å². The van der Waals surface area contributed by atoms with Gasteiger partial charge in [0.2, 0.25) is 5.91 Å². The van der Waals surface area contributed by atoms with Crippen molar-refractivity contribution in [2.75, 3.05) is 18.1 Å². The Morgan fingerprint density at radius 3 is 2.70 bits per heavy atom. The van der Waals surface area contributed by atoms with Gasteiger partial charge in [0.1, 0.15) is 11.5 Å². The maximum atomic E-state index is 12.9. The number of carbonyl (C=O) groups excluding carboxylic acids is 1. The minimum absolute atomic E-state index is 0.0198. The van der Waals surface area contributed by atoms with Crippen molar-refractivity contribution in [1.82, 2.24) is 4.90 Å². The number of fused-ring (bicyclic) bond motifs is 1. The maximum absolute atomic E-state index is 12.9. The number of hydrogen-bond acceptors (Lipinski definition) is 5. The molecule has 1 aromatic heterocycles. The predicted molar refractivity (Wildman–Crippen MR) is 115 cm³/mol. The number of furan rings is 1. The molecule has 7 heteroatoms. The van der Waals surface area contributed by atoms with Gasteiger partial charge in [0.05, 0.1) is 30.9 Å². The minimum Gasteiger partial charge on any atom is -0.493 e. The van der Waals surface area contributed by atoms with Crippen molar-refractivity contribution in [3.8, 4) is 5.75 Å². The monoisotopic (exact) mass is 427 g/mol. The van der Waals surface area contributed by atoms with E-state index in [-0.39, 0.29) is 30.0 Å². The Hall–Kier alpha value is -2.80. The first-order chi connectivity index (χ1) is 14.5. The molecule has 1 fully saturated rings. The van der Waals surface area contributed by atoms with Gasteiger partial charge < -0.3 is 14.1 Å². The van der Waals surface area contributed by atoms with Gasteiger partial charge in [0.25, 0.3) is 0 Å². The molecule has 0 aliphatic carbocycles. The zero-order valence-electron chi connectivity index (χ0n) is 16.7. The molecule has 0 saturated carbocycles. The van der Waals surface area contributed by atoms with E-state index in [4.69, 9.17) is 9.15 Å². The molecule has 1 amide bonds. The van der Waals surface area contributed by atoms with Gasteiger partial charge in [0, 0.05) is 17.8 Å². The van der Waals surface area contributed by atoms with Gasteiger partial charge in [-0.15, -0.1) is 0 Å². The number of carbonyl (C=O) groups is 1. The summed E-state index contributed by atoms with van der Waals surface area (Å²) in [6.45, 7) is 0.702. The van der Waals surface area contributed by atoms with Crippen molar-refractivity contribution in [2.45, 2.75) is 31.8 Å². The Morgan fingerprint density at radius 1 is 1.10 bits per heavy atom. The van der Waals surface area contributed by atoms with Crippen LogP contribution in [0, 0.1) is 0 Å². The molecule has 1 saturated heterocycles. The molecule has 0 N–H and O–H groups in total. The van der Waals surface area contributed by atoms with Crippen LogP contribution in [0.2, 0.25) is 0 Å².